The number of ether oxygens (including phenoxy) is 3. The van der Waals surface area contributed by atoms with Gasteiger partial charge in [-0.05, 0) is 36.8 Å². The third-order valence-corrected chi connectivity index (χ3v) is 6.72. The number of H-pyrrole nitrogens is 1. The fourth-order valence-corrected chi connectivity index (χ4v) is 4.83. The van der Waals surface area contributed by atoms with Crippen LogP contribution in [0.1, 0.15) is 11.3 Å². The molecule has 198 valence electrons. The molecule has 0 aliphatic rings. The Morgan fingerprint density at radius 1 is 1.00 bits per heavy atom. The number of nitriles is 1. The summed E-state index contributed by atoms with van der Waals surface area (Å²) in [5.41, 5.74) is 6.75. The molecule has 0 spiro atoms. The molecule has 0 radical (unpaired) electrons. The van der Waals surface area contributed by atoms with Crippen LogP contribution >= 0.6 is 0 Å². The van der Waals surface area contributed by atoms with E-state index in [4.69, 9.17) is 19.9 Å². The molecule has 39 heavy (non-hydrogen) atoms. The Bertz CT molecular complexity index is 1880. The van der Waals surface area contributed by atoms with Gasteiger partial charge in [-0.2, -0.15) is 10.4 Å². The second-order valence-corrected chi connectivity index (χ2v) is 8.66. The lowest BCUT2D eigenvalue weighted by Gasteiger charge is -2.16. The number of fused-ring (bicyclic) bond motifs is 1. The van der Waals surface area contributed by atoms with E-state index in [-0.39, 0.29) is 33.7 Å². The molecule has 0 fully saturated rings. The minimum Gasteiger partial charge on any atom is -0.493 e. The van der Waals surface area contributed by atoms with Crippen LogP contribution in [0.2, 0.25) is 0 Å². The van der Waals surface area contributed by atoms with Crippen LogP contribution in [-0.4, -0.2) is 45.5 Å². The van der Waals surface area contributed by atoms with Gasteiger partial charge in [-0.3, -0.25) is 23.9 Å². The number of pyridine rings is 1. The van der Waals surface area contributed by atoms with Gasteiger partial charge in [0, 0.05) is 12.6 Å². The van der Waals surface area contributed by atoms with E-state index in [9.17, 15) is 14.9 Å². The molecule has 2 aromatic carbocycles. The quantitative estimate of drug-likeness (QED) is 0.341. The van der Waals surface area contributed by atoms with Crippen molar-refractivity contribution in [1.82, 2.24) is 24.1 Å². The van der Waals surface area contributed by atoms with Crippen molar-refractivity contribution in [2.75, 3.05) is 27.1 Å². The number of methoxy groups -OCH3 is 3. The number of benzene rings is 2. The summed E-state index contributed by atoms with van der Waals surface area (Å²) >= 11 is 0. The summed E-state index contributed by atoms with van der Waals surface area (Å²) in [5.74, 6) is 1.09. The molecular weight excluding hydrogens is 502 g/mol. The molecule has 0 unspecified atom stereocenters. The van der Waals surface area contributed by atoms with Gasteiger partial charge in [0.15, 0.2) is 17.1 Å². The maximum atomic E-state index is 14.0. The van der Waals surface area contributed by atoms with Crippen LogP contribution in [0.25, 0.3) is 33.5 Å². The first-order valence-corrected chi connectivity index (χ1v) is 11.8. The molecular formula is C27H25N7O5. The molecule has 5 rings (SSSR count). The van der Waals surface area contributed by atoms with Gasteiger partial charge in [0.2, 0.25) is 5.75 Å². The zero-order chi connectivity index (χ0) is 28.0. The molecule has 0 saturated carbocycles. The Hall–Kier alpha value is -5.44. The van der Waals surface area contributed by atoms with Gasteiger partial charge < -0.3 is 19.9 Å². The Kier molecular flexibility index (Phi) is 6.12. The van der Waals surface area contributed by atoms with Crippen molar-refractivity contribution >= 4 is 16.9 Å². The van der Waals surface area contributed by atoms with Crippen LogP contribution in [0, 0.1) is 18.3 Å². The van der Waals surface area contributed by atoms with Gasteiger partial charge in [-0.25, -0.2) is 4.68 Å². The third kappa shape index (κ3) is 3.63. The fourth-order valence-electron chi connectivity index (χ4n) is 4.83. The number of nitrogens with two attached hydrogens (primary N) is 1. The van der Waals surface area contributed by atoms with Crippen molar-refractivity contribution in [2.45, 2.75) is 6.92 Å². The van der Waals surface area contributed by atoms with Gasteiger partial charge in [0.25, 0.3) is 11.1 Å². The Morgan fingerprint density at radius 2 is 1.64 bits per heavy atom. The van der Waals surface area contributed by atoms with Gasteiger partial charge in [-0.1, -0.05) is 18.2 Å². The van der Waals surface area contributed by atoms with Crippen molar-refractivity contribution in [3.8, 4) is 45.8 Å². The summed E-state index contributed by atoms with van der Waals surface area (Å²) in [6, 6.07) is 14.3. The van der Waals surface area contributed by atoms with E-state index in [0.717, 1.165) is 4.57 Å². The average molecular weight is 528 g/mol. The number of nitrogen functional groups attached to an aromatic ring is 1. The highest BCUT2D eigenvalue weighted by molar-refractivity contribution is 6.03. The lowest BCUT2D eigenvalue weighted by molar-refractivity contribution is 0.324. The number of para-hydroxylation sites is 1. The molecule has 3 aromatic heterocycles. The van der Waals surface area contributed by atoms with Crippen molar-refractivity contribution < 1.29 is 14.2 Å². The number of nitrogens with one attached hydrogen (secondary N) is 1. The predicted octanol–water partition coefficient (Wildman–Crippen LogP) is 2.66. The van der Waals surface area contributed by atoms with Crippen LogP contribution in [-0.2, 0) is 7.05 Å². The summed E-state index contributed by atoms with van der Waals surface area (Å²) in [7, 11) is 6.10. The van der Waals surface area contributed by atoms with Gasteiger partial charge in [0.05, 0.1) is 38.1 Å². The minimum absolute atomic E-state index is 0.0517. The second-order valence-electron chi connectivity index (χ2n) is 8.66. The van der Waals surface area contributed by atoms with Crippen LogP contribution in [0.3, 0.4) is 0 Å². The molecule has 12 nitrogen and oxygen atoms in total. The monoisotopic (exact) mass is 527 g/mol. The lowest BCUT2D eigenvalue weighted by atomic mass is 9.97. The highest BCUT2D eigenvalue weighted by atomic mass is 16.5. The van der Waals surface area contributed by atoms with Crippen molar-refractivity contribution in [3.63, 3.8) is 0 Å². The predicted molar refractivity (Wildman–Crippen MR) is 145 cm³/mol. The summed E-state index contributed by atoms with van der Waals surface area (Å²) in [6.07, 6.45) is 0. The highest BCUT2D eigenvalue weighted by Crippen LogP contribution is 2.43. The van der Waals surface area contributed by atoms with Crippen molar-refractivity contribution in [2.24, 2.45) is 7.05 Å². The second kappa shape index (κ2) is 9.46. The molecule has 0 saturated heterocycles. The van der Waals surface area contributed by atoms with E-state index in [1.807, 2.05) is 24.3 Å². The number of aromatic nitrogens is 5. The van der Waals surface area contributed by atoms with Crippen LogP contribution in [0.4, 0.5) is 5.82 Å². The number of hydrogen-bond acceptors (Lipinski definition) is 8. The summed E-state index contributed by atoms with van der Waals surface area (Å²) < 4.78 is 20.6. The van der Waals surface area contributed by atoms with Crippen molar-refractivity contribution in [1.29, 1.82) is 5.26 Å². The molecule has 0 atom stereocenters. The molecule has 3 heterocycles. The Balaban J connectivity index is 1.91. The van der Waals surface area contributed by atoms with E-state index in [1.54, 1.807) is 42.9 Å². The molecule has 0 aliphatic heterocycles. The zero-order valence-electron chi connectivity index (χ0n) is 21.9. The first kappa shape index (κ1) is 25.2. The third-order valence-electron chi connectivity index (χ3n) is 6.72. The van der Waals surface area contributed by atoms with E-state index in [2.05, 4.69) is 10.2 Å². The van der Waals surface area contributed by atoms with Crippen molar-refractivity contribution in [3.05, 3.63) is 74.4 Å². The van der Waals surface area contributed by atoms with Crippen LogP contribution in [0.15, 0.2) is 52.1 Å². The first-order chi connectivity index (χ1) is 18.8. The lowest BCUT2D eigenvalue weighted by Crippen LogP contribution is -2.28. The molecule has 0 aliphatic carbocycles. The van der Waals surface area contributed by atoms with E-state index in [0.29, 0.717) is 34.2 Å². The topological polar surface area (TPSA) is 155 Å². The molecule has 0 bridgehead atoms. The smallest absolute Gasteiger partial charge is 0.296 e. The molecule has 12 heteroatoms. The standard InChI is InChI=1S/C27H25N7O5/c1-14-22(27(36)34(32(14)2)16-9-7-6-8-10-16)33-25-21(24(29)30-31-25)20(17(13-28)26(33)35)15-11-18(37-3)23(39-5)19(12-15)38-4/h6-12H,1-5H3,(H3,29,30,31). The maximum absolute atomic E-state index is 14.0. The summed E-state index contributed by atoms with van der Waals surface area (Å²) in [6.45, 7) is 1.71. The molecule has 3 N–H and O–H groups in total. The highest BCUT2D eigenvalue weighted by Gasteiger charge is 2.28. The SMILES string of the molecule is COc1cc(-c2c(C#N)c(=O)n(-c3c(C)n(C)n(-c4ccccc4)c3=O)c3n[nH]c(N)c23)cc(OC)c1OC. The Labute approximate surface area is 222 Å². The average Bonchev–Trinajstić information content (AvgIpc) is 3.43. The number of rotatable bonds is 6. The van der Waals surface area contributed by atoms with Crippen LogP contribution in [0.5, 0.6) is 17.2 Å². The number of hydrogen-bond donors (Lipinski definition) is 2. The maximum Gasteiger partial charge on any atom is 0.296 e. The van der Waals surface area contributed by atoms with E-state index < -0.39 is 11.1 Å². The molecule has 5 aromatic rings. The Morgan fingerprint density at radius 3 is 2.21 bits per heavy atom. The first-order valence-electron chi connectivity index (χ1n) is 11.8. The largest absolute Gasteiger partial charge is 0.493 e. The fraction of sp³-hybridized carbons (Fsp3) is 0.185. The minimum atomic E-state index is -0.730. The zero-order valence-corrected chi connectivity index (χ0v) is 21.9. The van der Waals surface area contributed by atoms with Crippen LogP contribution < -0.4 is 31.1 Å². The summed E-state index contributed by atoms with van der Waals surface area (Å²) in [5, 5.41) is 17.5. The van der Waals surface area contributed by atoms with Gasteiger partial charge in [-0.15, -0.1) is 0 Å². The summed E-state index contributed by atoms with van der Waals surface area (Å²) in [4.78, 5) is 27.8. The molecule has 0 amide bonds. The van der Waals surface area contributed by atoms with Gasteiger partial charge in [0.1, 0.15) is 23.1 Å². The van der Waals surface area contributed by atoms with Gasteiger partial charge >= 0.3 is 0 Å². The van der Waals surface area contributed by atoms with E-state index >= 15 is 0 Å². The normalized spacial score (nSPS) is 11.0. The van der Waals surface area contributed by atoms with E-state index in [1.165, 1.54) is 26.0 Å². The number of aromatic amines is 1. The number of nitrogens with zero attached hydrogens (tertiary/aromatic N) is 5. The number of anilines is 1.